The van der Waals surface area contributed by atoms with Gasteiger partial charge in [0.15, 0.2) is 0 Å². The minimum absolute atomic E-state index is 0.0682. The summed E-state index contributed by atoms with van der Waals surface area (Å²) in [6.07, 6.45) is 2.91. The number of rotatable bonds is 4. The molecule has 4 nitrogen and oxygen atoms in total. The molecule has 108 valence electrons. The van der Waals surface area contributed by atoms with Crippen LogP contribution in [-0.2, 0) is 19.4 Å². The molecule has 1 aliphatic carbocycles. The lowest BCUT2D eigenvalue weighted by molar-refractivity contribution is 0.286. The predicted molar refractivity (Wildman–Crippen MR) is 78.0 cm³/mol. The van der Waals surface area contributed by atoms with E-state index in [9.17, 15) is 4.39 Å². The topological polar surface area (TPSA) is 72.0 Å². The Kier molecular flexibility index (Phi) is 3.56. The van der Waals surface area contributed by atoms with Crippen molar-refractivity contribution in [3.05, 3.63) is 58.5 Å². The van der Waals surface area contributed by atoms with Gasteiger partial charge in [-0.1, -0.05) is 18.2 Å². The van der Waals surface area contributed by atoms with Crippen LogP contribution in [0.15, 0.2) is 30.3 Å². The van der Waals surface area contributed by atoms with Crippen molar-refractivity contribution in [2.24, 2.45) is 5.73 Å². The van der Waals surface area contributed by atoms with Crippen molar-refractivity contribution in [1.82, 2.24) is 4.98 Å². The summed E-state index contributed by atoms with van der Waals surface area (Å²) >= 11 is 0. The zero-order chi connectivity index (χ0) is 14.8. The van der Waals surface area contributed by atoms with Gasteiger partial charge in [0.05, 0.1) is 5.56 Å². The van der Waals surface area contributed by atoms with Gasteiger partial charge in [-0.05, 0) is 37.0 Å². The average Bonchev–Trinajstić information content (AvgIpc) is 2.92. The molecule has 1 aliphatic rings. The van der Waals surface area contributed by atoms with Crippen LogP contribution < -0.4 is 10.5 Å². The highest BCUT2D eigenvalue weighted by atomic mass is 19.1. The normalized spacial score (nSPS) is 13.0. The molecule has 0 atom stereocenters. The van der Waals surface area contributed by atoms with Gasteiger partial charge in [0, 0.05) is 11.3 Å². The maximum atomic E-state index is 13.6. The molecule has 0 saturated heterocycles. The van der Waals surface area contributed by atoms with Crippen molar-refractivity contribution in [1.29, 1.82) is 5.41 Å². The van der Waals surface area contributed by atoms with Crippen LogP contribution in [0.1, 0.15) is 28.8 Å². The first-order chi connectivity index (χ1) is 10.1. The van der Waals surface area contributed by atoms with Gasteiger partial charge < -0.3 is 10.5 Å². The molecule has 0 aliphatic heterocycles. The lowest BCUT2D eigenvalue weighted by Crippen LogP contribution is -2.15. The van der Waals surface area contributed by atoms with Crippen LogP contribution in [-0.4, -0.2) is 10.8 Å². The number of amidine groups is 1. The number of halogens is 1. The highest BCUT2D eigenvalue weighted by Gasteiger charge is 2.19. The molecule has 0 radical (unpaired) electrons. The second-order valence-corrected chi connectivity index (χ2v) is 5.09. The highest BCUT2D eigenvalue weighted by molar-refractivity contribution is 5.97. The van der Waals surface area contributed by atoms with Crippen molar-refractivity contribution < 1.29 is 9.13 Å². The van der Waals surface area contributed by atoms with E-state index in [-0.39, 0.29) is 18.3 Å². The average molecular weight is 285 g/mol. The van der Waals surface area contributed by atoms with Gasteiger partial charge >= 0.3 is 0 Å². The Labute approximate surface area is 122 Å². The van der Waals surface area contributed by atoms with Crippen molar-refractivity contribution in [2.75, 3.05) is 0 Å². The van der Waals surface area contributed by atoms with Crippen LogP contribution in [0.4, 0.5) is 4.39 Å². The fourth-order valence-electron chi connectivity index (χ4n) is 2.52. The van der Waals surface area contributed by atoms with Gasteiger partial charge in [-0.15, -0.1) is 0 Å². The first kappa shape index (κ1) is 13.5. The van der Waals surface area contributed by atoms with Gasteiger partial charge in [-0.25, -0.2) is 9.37 Å². The van der Waals surface area contributed by atoms with Crippen molar-refractivity contribution in [3.63, 3.8) is 0 Å². The van der Waals surface area contributed by atoms with Crippen LogP contribution in [0, 0.1) is 11.2 Å². The molecule has 1 heterocycles. The van der Waals surface area contributed by atoms with Crippen LogP contribution in [0.2, 0.25) is 0 Å². The minimum atomic E-state index is -0.317. The summed E-state index contributed by atoms with van der Waals surface area (Å²) in [5, 5.41) is 7.65. The zero-order valence-corrected chi connectivity index (χ0v) is 11.5. The fraction of sp³-hybridized carbons (Fsp3) is 0.250. The molecule has 3 rings (SSSR count). The molecule has 2 aromatic rings. The van der Waals surface area contributed by atoms with Crippen molar-refractivity contribution in [3.8, 4) is 5.88 Å². The Morgan fingerprint density at radius 1 is 1.33 bits per heavy atom. The molecule has 1 aromatic carbocycles. The Hall–Kier alpha value is -2.43. The van der Waals surface area contributed by atoms with Crippen LogP contribution in [0.3, 0.4) is 0 Å². The molecule has 3 N–H and O–H groups in total. The monoisotopic (exact) mass is 285 g/mol. The maximum Gasteiger partial charge on any atom is 0.225 e. The number of nitrogens with one attached hydrogen (secondary N) is 1. The number of benzene rings is 1. The molecular weight excluding hydrogens is 269 g/mol. The molecule has 0 spiro atoms. The number of aromatic nitrogens is 1. The summed E-state index contributed by atoms with van der Waals surface area (Å²) in [6, 6.07) is 8.31. The molecule has 21 heavy (non-hydrogen) atoms. The summed E-state index contributed by atoms with van der Waals surface area (Å²) in [6.45, 7) is 0.0682. The number of fused-ring (bicyclic) bond motifs is 1. The van der Waals surface area contributed by atoms with Crippen molar-refractivity contribution >= 4 is 5.84 Å². The second-order valence-electron chi connectivity index (χ2n) is 5.09. The molecule has 1 aromatic heterocycles. The van der Waals surface area contributed by atoms with E-state index in [0.29, 0.717) is 17.0 Å². The van der Waals surface area contributed by atoms with Crippen LogP contribution >= 0.6 is 0 Å². The lowest BCUT2D eigenvalue weighted by atomic mass is 10.1. The number of nitrogen functional groups attached to an aromatic ring is 1. The maximum absolute atomic E-state index is 13.6. The smallest absolute Gasteiger partial charge is 0.225 e. The number of aryl methyl sites for hydroxylation is 2. The standard InChI is InChI=1S/C16H16FN3O/c17-13-6-2-1-4-11(13)9-21-16-12(15(18)19)8-10-5-3-7-14(10)20-16/h1-2,4,6,8H,3,5,7,9H2,(H3,18,19). The van der Waals surface area contributed by atoms with E-state index in [1.807, 2.05) is 6.07 Å². The van der Waals surface area contributed by atoms with Gasteiger partial charge in [0.1, 0.15) is 18.3 Å². The summed E-state index contributed by atoms with van der Waals surface area (Å²) in [4.78, 5) is 4.45. The van der Waals surface area contributed by atoms with Crippen LogP contribution in [0.5, 0.6) is 5.88 Å². The van der Waals surface area contributed by atoms with Crippen LogP contribution in [0.25, 0.3) is 0 Å². The summed E-state index contributed by atoms with van der Waals surface area (Å²) in [7, 11) is 0. The molecule has 0 unspecified atom stereocenters. The summed E-state index contributed by atoms with van der Waals surface area (Å²) < 4.78 is 19.2. The van der Waals surface area contributed by atoms with E-state index < -0.39 is 0 Å². The van der Waals surface area contributed by atoms with Gasteiger partial charge in [0.25, 0.3) is 0 Å². The third-order valence-electron chi connectivity index (χ3n) is 3.63. The summed E-state index contributed by atoms with van der Waals surface area (Å²) in [5.41, 5.74) is 8.64. The van der Waals surface area contributed by atoms with E-state index in [2.05, 4.69) is 4.98 Å². The first-order valence-corrected chi connectivity index (χ1v) is 6.88. The van der Waals surface area contributed by atoms with Gasteiger partial charge in [-0.3, -0.25) is 5.41 Å². The Morgan fingerprint density at radius 2 is 2.14 bits per heavy atom. The molecule has 0 saturated carbocycles. The molecule has 0 fully saturated rings. The molecular formula is C16H16FN3O. The largest absolute Gasteiger partial charge is 0.472 e. The predicted octanol–water partition coefficient (Wildman–Crippen LogP) is 2.57. The highest BCUT2D eigenvalue weighted by Crippen LogP contribution is 2.27. The SMILES string of the molecule is N=C(N)c1cc2c(nc1OCc1ccccc1F)CCC2. The second kappa shape index (κ2) is 5.52. The Bertz CT molecular complexity index is 700. The molecule has 5 heteroatoms. The summed E-state index contributed by atoms with van der Waals surface area (Å²) in [5.74, 6) is -0.0878. The first-order valence-electron chi connectivity index (χ1n) is 6.88. The quantitative estimate of drug-likeness (QED) is 0.670. The van der Waals surface area contributed by atoms with E-state index in [4.69, 9.17) is 15.9 Å². The fourth-order valence-corrected chi connectivity index (χ4v) is 2.52. The number of nitrogens with two attached hydrogens (primary N) is 1. The zero-order valence-electron chi connectivity index (χ0n) is 11.5. The minimum Gasteiger partial charge on any atom is -0.472 e. The number of nitrogens with zero attached hydrogens (tertiary/aromatic N) is 1. The van der Waals surface area contributed by atoms with E-state index in [1.54, 1.807) is 18.2 Å². The number of hydrogen-bond acceptors (Lipinski definition) is 3. The third kappa shape index (κ3) is 2.72. The van der Waals surface area contributed by atoms with E-state index >= 15 is 0 Å². The number of hydrogen-bond donors (Lipinski definition) is 2. The van der Waals surface area contributed by atoms with E-state index in [1.165, 1.54) is 6.07 Å². The lowest BCUT2D eigenvalue weighted by Gasteiger charge is -2.12. The van der Waals surface area contributed by atoms with E-state index in [0.717, 1.165) is 30.5 Å². The number of ether oxygens (including phenoxy) is 1. The molecule has 0 bridgehead atoms. The van der Waals surface area contributed by atoms with Gasteiger partial charge in [-0.2, -0.15) is 0 Å². The number of pyridine rings is 1. The molecule has 0 amide bonds. The Morgan fingerprint density at radius 3 is 2.90 bits per heavy atom. The third-order valence-corrected chi connectivity index (χ3v) is 3.63. The van der Waals surface area contributed by atoms with Crippen molar-refractivity contribution in [2.45, 2.75) is 25.9 Å². The Balaban J connectivity index is 1.88. The van der Waals surface area contributed by atoms with Gasteiger partial charge in [0.2, 0.25) is 5.88 Å².